The Bertz CT molecular complexity index is 446. The van der Waals surface area contributed by atoms with Gasteiger partial charge >= 0.3 is 0 Å². The van der Waals surface area contributed by atoms with Crippen molar-refractivity contribution in [3.05, 3.63) is 29.8 Å². The molecule has 0 aliphatic heterocycles. The third-order valence-electron chi connectivity index (χ3n) is 2.32. The average Bonchev–Trinajstić information content (AvgIpc) is 2.42. The fourth-order valence-electron chi connectivity index (χ4n) is 1.36. The second kappa shape index (κ2) is 7.34. The Kier molecular flexibility index (Phi) is 5.77. The van der Waals surface area contributed by atoms with Gasteiger partial charge in [0.2, 0.25) is 0 Å². The van der Waals surface area contributed by atoms with Crippen LogP contribution in [-0.2, 0) is 4.79 Å². The first-order chi connectivity index (χ1) is 9.08. The van der Waals surface area contributed by atoms with Crippen LogP contribution in [0.3, 0.4) is 0 Å². The van der Waals surface area contributed by atoms with Gasteiger partial charge in [0.25, 0.3) is 11.8 Å². The number of rotatable bonds is 7. The van der Waals surface area contributed by atoms with Crippen molar-refractivity contribution in [1.82, 2.24) is 5.32 Å². The second-order valence-electron chi connectivity index (χ2n) is 3.78. The molecule has 19 heavy (non-hydrogen) atoms. The molecule has 0 heterocycles. The molecule has 0 bridgehead atoms. The number of aliphatic hydroxyl groups is 2. The first kappa shape index (κ1) is 14.9. The molecule has 0 atom stereocenters. The van der Waals surface area contributed by atoms with E-state index in [9.17, 15) is 9.59 Å². The first-order valence-electron chi connectivity index (χ1n) is 5.61. The van der Waals surface area contributed by atoms with E-state index in [-0.39, 0.29) is 31.1 Å². The van der Waals surface area contributed by atoms with Crippen LogP contribution in [-0.4, -0.2) is 47.9 Å². The number of primary amides is 1. The van der Waals surface area contributed by atoms with Crippen LogP contribution in [0.15, 0.2) is 24.3 Å². The van der Waals surface area contributed by atoms with Crippen LogP contribution in [0.1, 0.15) is 10.4 Å². The van der Waals surface area contributed by atoms with Gasteiger partial charge in [0.15, 0.2) is 6.61 Å². The van der Waals surface area contributed by atoms with E-state index in [0.717, 1.165) is 0 Å². The minimum Gasteiger partial charge on any atom is -0.483 e. The zero-order chi connectivity index (χ0) is 14.3. The van der Waals surface area contributed by atoms with Gasteiger partial charge in [-0.15, -0.1) is 0 Å². The molecule has 7 heteroatoms. The Hall–Kier alpha value is -2.12. The molecular formula is C12H16N2O5. The molecule has 1 rings (SSSR count). The van der Waals surface area contributed by atoms with E-state index in [0.29, 0.717) is 0 Å². The molecular weight excluding hydrogens is 252 g/mol. The van der Waals surface area contributed by atoms with Crippen molar-refractivity contribution in [2.75, 3.05) is 19.8 Å². The van der Waals surface area contributed by atoms with Crippen LogP contribution < -0.4 is 15.8 Å². The minimum absolute atomic E-state index is 0.177. The number of ether oxygens (including phenoxy) is 1. The number of nitrogens with two attached hydrogens (primary N) is 1. The Balaban J connectivity index is 2.57. The number of carbonyl (C=O) groups excluding carboxylic acids is 2. The van der Waals surface area contributed by atoms with Gasteiger partial charge in [0, 0.05) is 0 Å². The van der Waals surface area contributed by atoms with Gasteiger partial charge < -0.3 is 26.0 Å². The number of hydrogen-bond acceptors (Lipinski definition) is 5. The van der Waals surface area contributed by atoms with Crippen LogP contribution in [0.25, 0.3) is 0 Å². The molecule has 1 aromatic rings. The van der Waals surface area contributed by atoms with E-state index in [4.69, 9.17) is 20.7 Å². The topological polar surface area (TPSA) is 122 Å². The van der Waals surface area contributed by atoms with Gasteiger partial charge in [-0.2, -0.15) is 0 Å². The summed E-state index contributed by atoms with van der Waals surface area (Å²) in [6.45, 7) is -1.10. The van der Waals surface area contributed by atoms with Crippen molar-refractivity contribution >= 4 is 11.8 Å². The SMILES string of the molecule is NC(=O)c1ccccc1OCC(=O)NC(CO)CO. The Morgan fingerprint density at radius 2 is 1.89 bits per heavy atom. The smallest absolute Gasteiger partial charge is 0.258 e. The molecule has 0 aliphatic carbocycles. The van der Waals surface area contributed by atoms with Gasteiger partial charge in [-0.05, 0) is 12.1 Å². The normalized spacial score (nSPS) is 10.3. The molecule has 5 N–H and O–H groups in total. The van der Waals surface area contributed by atoms with Crippen LogP contribution in [0.2, 0.25) is 0 Å². The number of hydrogen-bond donors (Lipinski definition) is 4. The third kappa shape index (κ3) is 4.57. The fourth-order valence-corrected chi connectivity index (χ4v) is 1.36. The Labute approximate surface area is 110 Å². The predicted octanol–water partition coefficient (Wildman–Crippen LogP) is -1.37. The van der Waals surface area contributed by atoms with Crippen LogP contribution in [0.5, 0.6) is 5.75 Å². The van der Waals surface area contributed by atoms with Gasteiger partial charge in [-0.3, -0.25) is 9.59 Å². The number of nitrogens with one attached hydrogen (secondary N) is 1. The molecule has 7 nitrogen and oxygen atoms in total. The molecule has 0 aliphatic rings. The van der Waals surface area contributed by atoms with E-state index in [1.807, 2.05) is 0 Å². The minimum atomic E-state index is -0.734. The lowest BCUT2D eigenvalue weighted by molar-refractivity contribution is -0.124. The van der Waals surface area contributed by atoms with Crippen molar-refractivity contribution in [2.24, 2.45) is 5.73 Å². The molecule has 0 unspecified atom stereocenters. The molecule has 0 fully saturated rings. The Morgan fingerprint density at radius 3 is 2.47 bits per heavy atom. The monoisotopic (exact) mass is 268 g/mol. The summed E-state index contributed by atoms with van der Waals surface area (Å²) in [5, 5.41) is 20.0. The highest BCUT2D eigenvalue weighted by atomic mass is 16.5. The van der Waals surface area contributed by atoms with Crippen molar-refractivity contribution in [1.29, 1.82) is 0 Å². The summed E-state index contributed by atoms with van der Waals surface area (Å²) in [6.07, 6.45) is 0. The van der Waals surface area contributed by atoms with E-state index < -0.39 is 17.9 Å². The summed E-state index contributed by atoms with van der Waals surface area (Å²) < 4.78 is 5.17. The zero-order valence-electron chi connectivity index (χ0n) is 10.2. The summed E-state index contributed by atoms with van der Waals surface area (Å²) in [5.41, 5.74) is 5.34. The van der Waals surface area contributed by atoms with E-state index in [2.05, 4.69) is 5.32 Å². The van der Waals surface area contributed by atoms with Gasteiger partial charge in [0.1, 0.15) is 5.75 Å². The fraction of sp³-hybridized carbons (Fsp3) is 0.333. The molecule has 0 saturated carbocycles. The van der Waals surface area contributed by atoms with Gasteiger partial charge in [0.05, 0.1) is 24.8 Å². The third-order valence-corrected chi connectivity index (χ3v) is 2.32. The van der Waals surface area contributed by atoms with Crippen molar-refractivity contribution in [3.8, 4) is 5.75 Å². The van der Waals surface area contributed by atoms with Crippen molar-refractivity contribution < 1.29 is 24.5 Å². The van der Waals surface area contributed by atoms with Crippen LogP contribution >= 0.6 is 0 Å². The van der Waals surface area contributed by atoms with Crippen LogP contribution in [0, 0.1) is 0 Å². The summed E-state index contributed by atoms with van der Waals surface area (Å²) in [4.78, 5) is 22.6. The quantitative estimate of drug-likeness (QED) is 0.486. The second-order valence-corrected chi connectivity index (χ2v) is 3.78. The lowest BCUT2D eigenvalue weighted by Gasteiger charge is -2.14. The maximum Gasteiger partial charge on any atom is 0.258 e. The summed E-state index contributed by atoms with van der Waals surface area (Å²) in [5.74, 6) is -0.971. The van der Waals surface area contributed by atoms with Gasteiger partial charge in [-0.1, -0.05) is 12.1 Å². The number of benzene rings is 1. The molecule has 1 aromatic carbocycles. The standard InChI is InChI=1S/C12H16N2O5/c13-12(18)9-3-1-2-4-10(9)19-7-11(17)14-8(5-15)6-16/h1-4,8,15-16H,5-7H2,(H2,13,18)(H,14,17). The summed E-state index contributed by atoms with van der Waals surface area (Å²) in [6, 6.07) is 5.54. The Morgan fingerprint density at radius 1 is 1.26 bits per heavy atom. The lowest BCUT2D eigenvalue weighted by atomic mass is 10.2. The number of para-hydroxylation sites is 1. The highest BCUT2D eigenvalue weighted by Crippen LogP contribution is 2.16. The highest BCUT2D eigenvalue weighted by molar-refractivity contribution is 5.95. The van der Waals surface area contributed by atoms with Gasteiger partial charge in [-0.25, -0.2) is 0 Å². The van der Waals surface area contributed by atoms with E-state index in [1.165, 1.54) is 12.1 Å². The molecule has 0 saturated heterocycles. The average molecular weight is 268 g/mol. The summed E-state index contributed by atoms with van der Waals surface area (Å²) in [7, 11) is 0. The van der Waals surface area contributed by atoms with Crippen molar-refractivity contribution in [3.63, 3.8) is 0 Å². The largest absolute Gasteiger partial charge is 0.483 e. The molecule has 0 aromatic heterocycles. The number of aliphatic hydroxyl groups excluding tert-OH is 2. The number of carbonyl (C=O) groups is 2. The molecule has 0 spiro atoms. The molecule has 104 valence electrons. The lowest BCUT2D eigenvalue weighted by Crippen LogP contribution is -2.42. The molecule has 0 radical (unpaired) electrons. The summed E-state index contributed by atoms with van der Waals surface area (Å²) >= 11 is 0. The zero-order valence-corrected chi connectivity index (χ0v) is 10.2. The maximum absolute atomic E-state index is 11.5. The maximum atomic E-state index is 11.5. The van der Waals surface area contributed by atoms with E-state index in [1.54, 1.807) is 12.1 Å². The number of amides is 2. The van der Waals surface area contributed by atoms with E-state index >= 15 is 0 Å². The predicted molar refractivity (Wildman–Crippen MR) is 66.6 cm³/mol. The highest BCUT2D eigenvalue weighted by Gasteiger charge is 2.13. The first-order valence-corrected chi connectivity index (χ1v) is 5.61. The van der Waals surface area contributed by atoms with Crippen molar-refractivity contribution in [2.45, 2.75) is 6.04 Å². The molecule has 2 amide bonds. The van der Waals surface area contributed by atoms with Crippen LogP contribution in [0.4, 0.5) is 0 Å².